The van der Waals surface area contributed by atoms with Crippen LogP contribution in [0, 0.1) is 0 Å². The number of hydrazine groups is 1. The normalized spacial score (nSPS) is 9.18. The van der Waals surface area contributed by atoms with Gasteiger partial charge in [0.15, 0.2) is 0 Å². The predicted octanol–water partition coefficient (Wildman–Crippen LogP) is 0.146. The van der Waals surface area contributed by atoms with Crippen LogP contribution in [0.2, 0.25) is 0 Å². The van der Waals surface area contributed by atoms with Crippen molar-refractivity contribution in [2.24, 2.45) is 5.84 Å². The van der Waals surface area contributed by atoms with Gasteiger partial charge in [-0.1, -0.05) is 6.58 Å². The van der Waals surface area contributed by atoms with Crippen LogP contribution in [-0.2, 0) is 4.79 Å². The van der Waals surface area contributed by atoms with E-state index in [9.17, 15) is 4.79 Å². The molecule has 1 aromatic heterocycles. The molecule has 0 spiro atoms. The van der Waals surface area contributed by atoms with Crippen LogP contribution < -0.4 is 11.3 Å². The minimum Gasteiger partial charge on any atom is -0.290 e. The Morgan fingerprint density at radius 1 is 1.82 bits per heavy atom. The van der Waals surface area contributed by atoms with Gasteiger partial charge >= 0.3 is 0 Å². The Morgan fingerprint density at radius 3 is 3.00 bits per heavy atom. The first-order valence-electron chi connectivity index (χ1n) is 2.85. The number of aromatic nitrogens is 1. The summed E-state index contributed by atoms with van der Waals surface area (Å²) >= 11 is 1.35. The summed E-state index contributed by atoms with van der Waals surface area (Å²) in [6.07, 6.45) is 1.61. The van der Waals surface area contributed by atoms with Crippen molar-refractivity contribution in [2.75, 3.05) is 0 Å². The smallest absolute Gasteiger partial charge is 0.267 e. The van der Waals surface area contributed by atoms with E-state index >= 15 is 0 Å². The Bertz CT molecular complexity index is 267. The van der Waals surface area contributed by atoms with E-state index in [-0.39, 0.29) is 0 Å². The van der Waals surface area contributed by atoms with Gasteiger partial charge in [-0.3, -0.25) is 10.2 Å². The van der Waals surface area contributed by atoms with Crippen LogP contribution in [0.4, 0.5) is 0 Å². The first-order chi connectivity index (χ1) is 5.25. The van der Waals surface area contributed by atoms with Crippen LogP contribution in [0.15, 0.2) is 18.2 Å². The molecule has 0 aliphatic carbocycles. The summed E-state index contributed by atoms with van der Waals surface area (Å²) in [5.74, 6) is 4.49. The molecule has 0 aliphatic rings. The second kappa shape index (κ2) is 3.27. The van der Waals surface area contributed by atoms with E-state index in [4.69, 9.17) is 5.84 Å². The van der Waals surface area contributed by atoms with Gasteiger partial charge < -0.3 is 0 Å². The Kier molecular flexibility index (Phi) is 2.35. The number of hydrogen-bond donors (Lipinski definition) is 2. The molecule has 0 fully saturated rings. The number of hydrogen-bond acceptors (Lipinski definition) is 4. The number of amides is 1. The average Bonchev–Trinajstić information content (AvgIpc) is 2.53. The Labute approximate surface area is 67.7 Å². The van der Waals surface area contributed by atoms with E-state index in [0.717, 1.165) is 0 Å². The number of carbonyl (C=O) groups excluding carboxylic acids is 1. The quantitative estimate of drug-likeness (QED) is 0.286. The van der Waals surface area contributed by atoms with E-state index in [1.54, 1.807) is 11.6 Å². The van der Waals surface area contributed by atoms with Crippen molar-refractivity contribution in [3.63, 3.8) is 0 Å². The number of nitrogens with zero attached hydrogens (tertiary/aromatic N) is 1. The van der Waals surface area contributed by atoms with Crippen LogP contribution in [0.3, 0.4) is 0 Å². The molecule has 0 aromatic carbocycles. The van der Waals surface area contributed by atoms with Gasteiger partial charge in [0.2, 0.25) is 0 Å². The lowest BCUT2D eigenvalue weighted by Crippen LogP contribution is -2.30. The maximum atomic E-state index is 10.8. The van der Waals surface area contributed by atoms with E-state index in [1.807, 2.05) is 5.43 Å². The van der Waals surface area contributed by atoms with Crippen molar-refractivity contribution >= 4 is 22.8 Å². The zero-order valence-electron chi connectivity index (χ0n) is 5.70. The maximum Gasteiger partial charge on any atom is 0.267 e. The molecule has 0 aliphatic heterocycles. The molecule has 0 unspecified atom stereocenters. The van der Waals surface area contributed by atoms with Gasteiger partial charge in [0, 0.05) is 11.6 Å². The molecule has 0 atom stereocenters. The summed E-state index contributed by atoms with van der Waals surface area (Å²) in [6.45, 7) is 3.52. The molecule has 0 bridgehead atoms. The van der Waals surface area contributed by atoms with Gasteiger partial charge in [-0.05, 0) is 0 Å². The van der Waals surface area contributed by atoms with Gasteiger partial charge in [-0.15, -0.1) is 11.3 Å². The summed E-state index contributed by atoms with van der Waals surface area (Å²) in [5.41, 5.74) is 2.28. The van der Waals surface area contributed by atoms with Crippen LogP contribution in [0.1, 0.15) is 5.01 Å². The van der Waals surface area contributed by atoms with Crippen LogP contribution >= 0.6 is 11.3 Å². The zero-order chi connectivity index (χ0) is 8.27. The molecule has 11 heavy (non-hydrogen) atoms. The average molecular weight is 169 g/mol. The van der Waals surface area contributed by atoms with Crippen molar-refractivity contribution in [2.45, 2.75) is 0 Å². The highest BCUT2D eigenvalue weighted by Gasteiger charge is 2.08. The predicted molar refractivity (Wildman–Crippen MR) is 43.5 cm³/mol. The Morgan fingerprint density at radius 2 is 2.55 bits per heavy atom. The summed E-state index contributed by atoms with van der Waals surface area (Å²) in [6, 6.07) is 0. The first kappa shape index (κ1) is 7.90. The Hall–Kier alpha value is -1.20. The number of carbonyl (C=O) groups is 1. The number of thiazole rings is 1. The fraction of sp³-hybridized carbons (Fsp3) is 0. The number of nitrogens with one attached hydrogen (secondary N) is 1. The summed E-state index contributed by atoms with van der Waals surface area (Å²) in [4.78, 5) is 14.7. The fourth-order valence-electron chi connectivity index (χ4n) is 0.557. The zero-order valence-corrected chi connectivity index (χ0v) is 6.52. The van der Waals surface area contributed by atoms with Gasteiger partial charge in [0.25, 0.3) is 5.91 Å². The van der Waals surface area contributed by atoms with Crippen LogP contribution in [0.25, 0.3) is 5.57 Å². The molecule has 3 N–H and O–H groups in total. The largest absolute Gasteiger partial charge is 0.290 e. The van der Waals surface area contributed by atoms with Gasteiger partial charge in [0.1, 0.15) is 5.01 Å². The summed E-state index contributed by atoms with van der Waals surface area (Å²) < 4.78 is 0. The molecule has 1 aromatic rings. The van der Waals surface area contributed by atoms with E-state index in [1.165, 1.54) is 11.3 Å². The van der Waals surface area contributed by atoms with Crippen molar-refractivity contribution in [1.29, 1.82) is 0 Å². The molecule has 58 valence electrons. The van der Waals surface area contributed by atoms with Gasteiger partial charge in [-0.2, -0.15) is 0 Å². The lowest BCUT2D eigenvalue weighted by atomic mass is 10.3. The molecule has 4 nitrogen and oxygen atoms in total. The van der Waals surface area contributed by atoms with Crippen molar-refractivity contribution in [3.8, 4) is 0 Å². The van der Waals surface area contributed by atoms with Crippen molar-refractivity contribution in [3.05, 3.63) is 23.2 Å². The van der Waals surface area contributed by atoms with Crippen molar-refractivity contribution < 1.29 is 4.79 Å². The molecule has 1 heterocycles. The highest BCUT2D eigenvalue weighted by atomic mass is 32.1. The minimum absolute atomic E-state index is 0.294. The lowest BCUT2D eigenvalue weighted by Gasteiger charge is -1.97. The Balaban J connectivity index is 2.79. The molecule has 1 rings (SSSR count). The highest BCUT2D eigenvalue weighted by Crippen LogP contribution is 2.13. The molecule has 0 saturated heterocycles. The van der Waals surface area contributed by atoms with E-state index in [2.05, 4.69) is 11.6 Å². The van der Waals surface area contributed by atoms with E-state index < -0.39 is 5.91 Å². The minimum atomic E-state index is -0.403. The number of nitrogens with two attached hydrogens (primary N) is 1. The third-order valence-corrected chi connectivity index (χ3v) is 1.93. The van der Waals surface area contributed by atoms with Crippen LogP contribution in [0.5, 0.6) is 0 Å². The molecular weight excluding hydrogens is 162 g/mol. The molecule has 0 saturated carbocycles. The summed E-state index contributed by atoms with van der Waals surface area (Å²) in [7, 11) is 0. The maximum absolute atomic E-state index is 10.8. The topological polar surface area (TPSA) is 68.0 Å². The standard InChI is InChI=1S/C6H7N3OS/c1-4(5(10)9-7)6-8-2-3-11-6/h2-3H,1,7H2,(H,9,10). The highest BCUT2D eigenvalue weighted by molar-refractivity contribution is 7.11. The van der Waals surface area contributed by atoms with Gasteiger partial charge in [-0.25, -0.2) is 10.8 Å². The van der Waals surface area contributed by atoms with Gasteiger partial charge in [0.05, 0.1) is 5.57 Å². The van der Waals surface area contributed by atoms with E-state index in [0.29, 0.717) is 10.6 Å². The molecule has 0 radical (unpaired) electrons. The SMILES string of the molecule is C=C(C(=O)NN)c1nccs1. The second-order valence-corrected chi connectivity index (χ2v) is 2.68. The third-order valence-electron chi connectivity index (χ3n) is 1.10. The first-order valence-corrected chi connectivity index (χ1v) is 3.73. The third kappa shape index (κ3) is 1.63. The van der Waals surface area contributed by atoms with Crippen LogP contribution in [-0.4, -0.2) is 10.9 Å². The molecule has 5 heteroatoms. The summed E-state index contributed by atoms with van der Waals surface area (Å²) in [5, 5.41) is 2.36. The monoisotopic (exact) mass is 169 g/mol. The lowest BCUT2D eigenvalue weighted by molar-refractivity contribution is -0.115. The van der Waals surface area contributed by atoms with Crippen molar-refractivity contribution in [1.82, 2.24) is 10.4 Å². The fourth-order valence-corrected chi connectivity index (χ4v) is 1.16. The molecular formula is C6H7N3OS. The molecule has 1 amide bonds. The second-order valence-electron chi connectivity index (χ2n) is 1.79. The number of rotatable bonds is 2.